The Balaban J connectivity index is 2.17. The van der Waals surface area contributed by atoms with Gasteiger partial charge >= 0.3 is 0 Å². The van der Waals surface area contributed by atoms with Crippen LogP contribution in [-0.2, 0) is 0 Å². The first kappa shape index (κ1) is 12.3. The second kappa shape index (κ2) is 4.60. The minimum Gasteiger partial charge on any atom is -0.388 e. The molecule has 1 saturated heterocycles. The molecule has 0 saturated carbocycles. The minimum absolute atomic E-state index is 0.0459. The number of hydrogen-bond acceptors (Lipinski definition) is 3. The van der Waals surface area contributed by atoms with E-state index in [1.54, 1.807) is 0 Å². The average molecular weight is 260 g/mol. The molecule has 2 atom stereocenters. The summed E-state index contributed by atoms with van der Waals surface area (Å²) in [6.07, 6.45) is -1.90. The molecular formula is C11H11ClFNO3. The largest absolute Gasteiger partial charge is 0.388 e. The van der Waals surface area contributed by atoms with E-state index >= 15 is 0 Å². The zero-order valence-corrected chi connectivity index (χ0v) is 9.56. The van der Waals surface area contributed by atoms with Gasteiger partial charge in [0.2, 0.25) is 0 Å². The lowest BCUT2D eigenvalue weighted by Gasteiger charge is -2.15. The third-order valence-electron chi connectivity index (χ3n) is 2.71. The molecule has 1 aliphatic rings. The van der Waals surface area contributed by atoms with Crippen LogP contribution in [0.15, 0.2) is 18.2 Å². The Hall–Kier alpha value is -1.17. The smallest absolute Gasteiger partial charge is 0.254 e. The summed E-state index contributed by atoms with van der Waals surface area (Å²) in [6.45, 7) is 0.0918. The van der Waals surface area contributed by atoms with E-state index in [9.17, 15) is 19.4 Å². The van der Waals surface area contributed by atoms with E-state index in [2.05, 4.69) is 0 Å². The Labute approximate surface area is 102 Å². The number of benzene rings is 1. The fourth-order valence-electron chi connectivity index (χ4n) is 1.75. The highest BCUT2D eigenvalue weighted by Gasteiger charge is 2.33. The molecule has 0 spiro atoms. The van der Waals surface area contributed by atoms with Gasteiger partial charge in [-0.25, -0.2) is 4.39 Å². The summed E-state index contributed by atoms with van der Waals surface area (Å²) in [5.41, 5.74) is 0.146. The van der Waals surface area contributed by atoms with Crippen molar-refractivity contribution in [1.29, 1.82) is 0 Å². The predicted octanol–water partition coefficient (Wildman–Crippen LogP) is 0.657. The summed E-state index contributed by atoms with van der Waals surface area (Å²) in [4.78, 5) is 13.2. The van der Waals surface area contributed by atoms with E-state index in [-0.39, 0.29) is 23.7 Å². The minimum atomic E-state index is -0.948. The maximum atomic E-state index is 13.2. The lowest BCUT2D eigenvalue weighted by atomic mass is 10.2. The third-order valence-corrected chi connectivity index (χ3v) is 3.02. The zero-order valence-electron chi connectivity index (χ0n) is 8.81. The van der Waals surface area contributed by atoms with Gasteiger partial charge in [0.15, 0.2) is 0 Å². The molecule has 17 heavy (non-hydrogen) atoms. The molecule has 0 aliphatic carbocycles. The molecule has 1 aromatic rings. The Morgan fingerprint density at radius 3 is 2.47 bits per heavy atom. The maximum Gasteiger partial charge on any atom is 0.254 e. The van der Waals surface area contributed by atoms with Crippen LogP contribution in [0.2, 0.25) is 5.02 Å². The quantitative estimate of drug-likeness (QED) is 0.779. The number of aliphatic hydroxyl groups excluding tert-OH is 2. The van der Waals surface area contributed by atoms with Gasteiger partial charge in [-0.2, -0.15) is 0 Å². The first-order valence-electron chi connectivity index (χ1n) is 5.09. The van der Waals surface area contributed by atoms with Crippen molar-refractivity contribution in [2.75, 3.05) is 13.1 Å². The number of nitrogens with zero attached hydrogens (tertiary/aromatic N) is 1. The highest BCUT2D eigenvalue weighted by Crippen LogP contribution is 2.19. The van der Waals surface area contributed by atoms with Crippen molar-refractivity contribution in [2.45, 2.75) is 12.2 Å². The van der Waals surface area contributed by atoms with Crippen LogP contribution in [0.4, 0.5) is 4.39 Å². The third kappa shape index (κ3) is 2.41. The lowest BCUT2D eigenvalue weighted by molar-refractivity contribution is 0.0572. The summed E-state index contributed by atoms with van der Waals surface area (Å²) < 4.78 is 13.2. The van der Waals surface area contributed by atoms with Gasteiger partial charge < -0.3 is 15.1 Å². The van der Waals surface area contributed by atoms with Crippen molar-refractivity contribution in [3.05, 3.63) is 34.6 Å². The van der Waals surface area contributed by atoms with Gasteiger partial charge in [-0.3, -0.25) is 4.79 Å². The van der Waals surface area contributed by atoms with Crippen LogP contribution >= 0.6 is 11.6 Å². The van der Waals surface area contributed by atoms with Gasteiger partial charge in [0.05, 0.1) is 17.2 Å². The molecule has 2 N–H and O–H groups in total. The monoisotopic (exact) mass is 259 g/mol. The first-order chi connectivity index (χ1) is 7.99. The molecule has 1 heterocycles. The average Bonchev–Trinajstić information content (AvgIpc) is 2.62. The second-order valence-electron chi connectivity index (χ2n) is 3.97. The molecule has 1 aliphatic heterocycles. The van der Waals surface area contributed by atoms with Crippen molar-refractivity contribution in [3.8, 4) is 0 Å². The summed E-state index contributed by atoms with van der Waals surface area (Å²) in [6, 6.07) is 3.75. The van der Waals surface area contributed by atoms with Crippen LogP contribution in [0, 0.1) is 5.82 Å². The molecular weight excluding hydrogens is 249 g/mol. The number of β-amino-alcohol motifs (C(OH)–C–C–N with tert-alkyl or cyclic N) is 2. The molecule has 2 rings (SSSR count). The lowest BCUT2D eigenvalue weighted by Crippen LogP contribution is -2.29. The molecule has 0 radical (unpaired) electrons. The van der Waals surface area contributed by atoms with Crippen LogP contribution in [0.5, 0.6) is 0 Å². The van der Waals surface area contributed by atoms with Gasteiger partial charge in [-0.05, 0) is 18.2 Å². The SMILES string of the molecule is O=C(c1ccc(Cl)c(F)c1)N1C[C@@H](O)[C@@H](O)C1. The van der Waals surface area contributed by atoms with Gasteiger partial charge in [0.25, 0.3) is 5.91 Å². The number of hydrogen-bond donors (Lipinski definition) is 2. The van der Waals surface area contributed by atoms with E-state index in [0.29, 0.717) is 0 Å². The molecule has 1 fully saturated rings. The summed E-state index contributed by atoms with van der Waals surface area (Å²) >= 11 is 5.51. The summed E-state index contributed by atoms with van der Waals surface area (Å²) in [7, 11) is 0. The van der Waals surface area contributed by atoms with E-state index in [1.165, 1.54) is 17.0 Å². The Morgan fingerprint density at radius 2 is 1.94 bits per heavy atom. The number of carbonyl (C=O) groups is 1. The number of likely N-dealkylation sites (tertiary alicyclic amines) is 1. The number of halogens is 2. The highest BCUT2D eigenvalue weighted by atomic mass is 35.5. The molecule has 0 aromatic heterocycles. The molecule has 0 unspecified atom stereocenters. The van der Waals surface area contributed by atoms with Crippen LogP contribution < -0.4 is 0 Å². The molecule has 6 heteroatoms. The highest BCUT2D eigenvalue weighted by molar-refractivity contribution is 6.30. The number of aliphatic hydroxyl groups is 2. The second-order valence-corrected chi connectivity index (χ2v) is 4.38. The molecule has 0 bridgehead atoms. The van der Waals surface area contributed by atoms with Crippen molar-refractivity contribution in [2.24, 2.45) is 0 Å². The standard InChI is InChI=1S/C11H11ClFNO3/c12-7-2-1-6(3-8(7)13)11(17)14-4-9(15)10(16)5-14/h1-3,9-10,15-16H,4-5H2/t9-,10+. The number of carbonyl (C=O) groups excluding carboxylic acids is 1. The summed E-state index contributed by atoms with van der Waals surface area (Å²) in [5, 5.41) is 18.6. The van der Waals surface area contributed by atoms with E-state index in [1.807, 2.05) is 0 Å². The van der Waals surface area contributed by atoms with Crippen LogP contribution in [0.1, 0.15) is 10.4 Å². The zero-order chi connectivity index (χ0) is 12.6. The van der Waals surface area contributed by atoms with Crippen molar-refractivity contribution < 1.29 is 19.4 Å². The first-order valence-corrected chi connectivity index (χ1v) is 5.47. The Kier molecular flexibility index (Phi) is 3.33. The van der Waals surface area contributed by atoms with E-state index in [0.717, 1.165) is 6.07 Å². The number of rotatable bonds is 1. The molecule has 4 nitrogen and oxygen atoms in total. The van der Waals surface area contributed by atoms with E-state index in [4.69, 9.17) is 11.6 Å². The fourth-order valence-corrected chi connectivity index (χ4v) is 1.86. The molecule has 92 valence electrons. The van der Waals surface area contributed by atoms with Crippen LogP contribution in [-0.4, -0.2) is 46.3 Å². The van der Waals surface area contributed by atoms with Gasteiger partial charge in [-0.15, -0.1) is 0 Å². The number of amides is 1. The van der Waals surface area contributed by atoms with Gasteiger partial charge in [0, 0.05) is 18.7 Å². The normalized spacial score (nSPS) is 24.1. The topological polar surface area (TPSA) is 60.8 Å². The van der Waals surface area contributed by atoms with Crippen molar-refractivity contribution >= 4 is 17.5 Å². The van der Waals surface area contributed by atoms with Gasteiger partial charge in [0.1, 0.15) is 5.82 Å². The fraction of sp³-hybridized carbons (Fsp3) is 0.364. The Morgan fingerprint density at radius 1 is 1.35 bits per heavy atom. The van der Waals surface area contributed by atoms with Gasteiger partial charge in [-0.1, -0.05) is 11.6 Å². The van der Waals surface area contributed by atoms with Crippen molar-refractivity contribution in [1.82, 2.24) is 4.90 Å². The Bertz CT molecular complexity index is 444. The van der Waals surface area contributed by atoms with Crippen LogP contribution in [0.3, 0.4) is 0 Å². The predicted molar refractivity (Wildman–Crippen MR) is 59.3 cm³/mol. The van der Waals surface area contributed by atoms with Crippen molar-refractivity contribution in [3.63, 3.8) is 0 Å². The molecule has 1 amide bonds. The van der Waals surface area contributed by atoms with E-state index < -0.39 is 23.9 Å². The molecule has 1 aromatic carbocycles. The summed E-state index contributed by atoms with van der Waals surface area (Å²) in [5.74, 6) is -1.10. The maximum absolute atomic E-state index is 13.2. The van der Waals surface area contributed by atoms with Crippen LogP contribution in [0.25, 0.3) is 0 Å².